The highest BCUT2D eigenvalue weighted by molar-refractivity contribution is 5.95. The van der Waals surface area contributed by atoms with Gasteiger partial charge in [0.15, 0.2) is 0 Å². The summed E-state index contributed by atoms with van der Waals surface area (Å²) in [4.78, 5) is 19.2. The maximum absolute atomic E-state index is 12.8. The van der Waals surface area contributed by atoms with E-state index in [0.717, 1.165) is 18.7 Å². The number of hydrogen-bond donors (Lipinski definition) is 1. The number of pyridine rings is 1. The van der Waals surface area contributed by atoms with Gasteiger partial charge in [-0.2, -0.15) is 0 Å². The molecular formula is C17H27N3O. The lowest BCUT2D eigenvalue weighted by atomic mass is 9.90. The van der Waals surface area contributed by atoms with E-state index in [1.54, 1.807) is 6.07 Å². The Labute approximate surface area is 127 Å². The van der Waals surface area contributed by atoms with Gasteiger partial charge in [-0.15, -0.1) is 0 Å². The zero-order chi connectivity index (χ0) is 15.8. The van der Waals surface area contributed by atoms with E-state index in [4.69, 9.17) is 5.73 Å². The van der Waals surface area contributed by atoms with Gasteiger partial charge in [0.05, 0.1) is 0 Å². The molecule has 0 spiro atoms. The molecule has 4 nitrogen and oxygen atoms in total. The lowest BCUT2D eigenvalue weighted by Gasteiger charge is -2.37. The average Bonchev–Trinajstić information content (AvgIpc) is 2.39. The Morgan fingerprint density at radius 3 is 2.57 bits per heavy atom. The SMILES string of the molecule is CC1CCC(C)N(C(=O)c2cc(N)nc(C(C)(C)C)c2)C1. The molecule has 1 aliphatic heterocycles. The second-order valence-corrected chi connectivity index (χ2v) is 7.40. The predicted molar refractivity (Wildman–Crippen MR) is 86.2 cm³/mol. The topological polar surface area (TPSA) is 59.2 Å². The molecule has 4 heteroatoms. The fourth-order valence-corrected chi connectivity index (χ4v) is 2.80. The van der Waals surface area contributed by atoms with Crippen LogP contribution in [-0.4, -0.2) is 28.4 Å². The number of piperidine rings is 1. The molecule has 1 aliphatic rings. The molecule has 1 aromatic rings. The van der Waals surface area contributed by atoms with Crippen molar-refractivity contribution in [2.45, 2.75) is 58.9 Å². The van der Waals surface area contributed by atoms with Crippen LogP contribution in [-0.2, 0) is 5.41 Å². The van der Waals surface area contributed by atoms with Crippen LogP contribution in [0.5, 0.6) is 0 Å². The number of hydrogen-bond acceptors (Lipinski definition) is 3. The number of rotatable bonds is 1. The van der Waals surface area contributed by atoms with Crippen LogP contribution < -0.4 is 5.73 Å². The van der Waals surface area contributed by atoms with Crippen LogP contribution in [0.15, 0.2) is 12.1 Å². The van der Waals surface area contributed by atoms with Crippen molar-refractivity contribution in [2.75, 3.05) is 12.3 Å². The van der Waals surface area contributed by atoms with Crippen molar-refractivity contribution in [1.29, 1.82) is 0 Å². The first-order chi connectivity index (χ1) is 9.68. The third kappa shape index (κ3) is 3.55. The normalized spacial score (nSPS) is 23.2. The van der Waals surface area contributed by atoms with Crippen LogP contribution in [0.1, 0.15) is 63.5 Å². The molecule has 21 heavy (non-hydrogen) atoms. The van der Waals surface area contributed by atoms with E-state index in [-0.39, 0.29) is 11.3 Å². The number of carbonyl (C=O) groups excluding carboxylic acids is 1. The maximum Gasteiger partial charge on any atom is 0.254 e. The Bertz CT molecular complexity index is 533. The first kappa shape index (κ1) is 15.8. The molecular weight excluding hydrogens is 262 g/mol. The number of nitrogen functional groups attached to an aromatic ring is 1. The third-order valence-electron chi connectivity index (χ3n) is 4.24. The van der Waals surface area contributed by atoms with Gasteiger partial charge in [-0.05, 0) is 37.8 Å². The molecule has 1 saturated heterocycles. The quantitative estimate of drug-likeness (QED) is 0.863. The largest absolute Gasteiger partial charge is 0.384 e. The van der Waals surface area contributed by atoms with Gasteiger partial charge < -0.3 is 10.6 Å². The van der Waals surface area contributed by atoms with E-state index in [1.165, 1.54) is 6.42 Å². The molecule has 2 atom stereocenters. The number of nitrogens with zero attached hydrogens (tertiary/aromatic N) is 2. The van der Waals surface area contributed by atoms with E-state index >= 15 is 0 Å². The number of amides is 1. The van der Waals surface area contributed by atoms with Crippen LogP contribution in [0.3, 0.4) is 0 Å². The summed E-state index contributed by atoms with van der Waals surface area (Å²) >= 11 is 0. The molecule has 0 radical (unpaired) electrons. The third-order valence-corrected chi connectivity index (χ3v) is 4.24. The van der Waals surface area contributed by atoms with Gasteiger partial charge >= 0.3 is 0 Å². The zero-order valence-electron chi connectivity index (χ0n) is 13.8. The molecule has 0 aliphatic carbocycles. The summed E-state index contributed by atoms with van der Waals surface area (Å²) in [5.41, 5.74) is 7.31. The highest BCUT2D eigenvalue weighted by Gasteiger charge is 2.28. The molecule has 1 aromatic heterocycles. The molecule has 2 rings (SSSR count). The van der Waals surface area contributed by atoms with Crippen molar-refractivity contribution in [3.63, 3.8) is 0 Å². The minimum absolute atomic E-state index is 0.0775. The number of likely N-dealkylation sites (tertiary alicyclic amines) is 1. The van der Waals surface area contributed by atoms with Crippen molar-refractivity contribution in [1.82, 2.24) is 9.88 Å². The number of anilines is 1. The first-order valence-corrected chi connectivity index (χ1v) is 7.77. The van der Waals surface area contributed by atoms with Gasteiger partial charge in [0.1, 0.15) is 5.82 Å². The Morgan fingerprint density at radius 2 is 1.95 bits per heavy atom. The Hall–Kier alpha value is -1.58. The monoisotopic (exact) mass is 289 g/mol. The number of nitrogens with two attached hydrogens (primary N) is 1. The summed E-state index contributed by atoms with van der Waals surface area (Å²) in [6, 6.07) is 3.88. The number of aromatic nitrogens is 1. The fraction of sp³-hybridized carbons (Fsp3) is 0.647. The van der Waals surface area contributed by atoms with E-state index in [2.05, 4.69) is 39.6 Å². The van der Waals surface area contributed by atoms with Crippen LogP contribution >= 0.6 is 0 Å². The molecule has 2 heterocycles. The molecule has 0 bridgehead atoms. The molecule has 116 valence electrons. The molecule has 2 unspecified atom stereocenters. The van der Waals surface area contributed by atoms with E-state index < -0.39 is 0 Å². The molecule has 1 amide bonds. The van der Waals surface area contributed by atoms with E-state index in [1.807, 2.05) is 11.0 Å². The van der Waals surface area contributed by atoms with Gasteiger partial charge in [0.2, 0.25) is 0 Å². The van der Waals surface area contributed by atoms with Gasteiger partial charge in [-0.1, -0.05) is 27.7 Å². The molecule has 0 aromatic carbocycles. The van der Waals surface area contributed by atoms with Crippen LogP contribution in [0.2, 0.25) is 0 Å². The number of carbonyl (C=O) groups is 1. The van der Waals surface area contributed by atoms with Gasteiger partial charge in [-0.25, -0.2) is 4.98 Å². The smallest absolute Gasteiger partial charge is 0.254 e. The summed E-state index contributed by atoms with van der Waals surface area (Å²) < 4.78 is 0. The first-order valence-electron chi connectivity index (χ1n) is 7.77. The summed E-state index contributed by atoms with van der Waals surface area (Å²) in [7, 11) is 0. The highest BCUT2D eigenvalue weighted by atomic mass is 16.2. The molecule has 0 saturated carbocycles. The van der Waals surface area contributed by atoms with Crippen molar-refractivity contribution in [3.05, 3.63) is 23.4 Å². The molecule has 1 fully saturated rings. The average molecular weight is 289 g/mol. The van der Waals surface area contributed by atoms with Crippen molar-refractivity contribution < 1.29 is 4.79 Å². The standard InChI is InChI=1S/C17H27N3O/c1-11-6-7-12(2)20(10-11)16(21)13-8-14(17(3,4)5)19-15(18)9-13/h8-9,11-12H,6-7,10H2,1-5H3,(H2,18,19). The van der Waals surface area contributed by atoms with E-state index in [9.17, 15) is 4.79 Å². The van der Waals surface area contributed by atoms with Crippen LogP contribution in [0.4, 0.5) is 5.82 Å². The second kappa shape index (κ2) is 5.66. The van der Waals surface area contributed by atoms with E-state index in [0.29, 0.717) is 23.3 Å². The summed E-state index contributed by atoms with van der Waals surface area (Å²) in [5, 5.41) is 0. The predicted octanol–water partition coefficient (Wildman–Crippen LogP) is 3.22. The van der Waals surface area contributed by atoms with Gasteiger partial charge in [0.25, 0.3) is 5.91 Å². The van der Waals surface area contributed by atoms with Crippen LogP contribution in [0, 0.1) is 5.92 Å². The highest BCUT2D eigenvalue weighted by Crippen LogP contribution is 2.26. The zero-order valence-corrected chi connectivity index (χ0v) is 13.8. The fourth-order valence-electron chi connectivity index (χ4n) is 2.80. The van der Waals surface area contributed by atoms with Crippen molar-refractivity contribution in [2.24, 2.45) is 5.92 Å². The Balaban J connectivity index is 2.32. The van der Waals surface area contributed by atoms with Crippen molar-refractivity contribution in [3.8, 4) is 0 Å². The molecule has 2 N–H and O–H groups in total. The second-order valence-electron chi connectivity index (χ2n) is 7.40. The Kier molecular flexibility index (Phi) is 4.26. The summed E-state index contributed by atoms with van der Waals surface area (Å²) in [5.74, 6) is 1.06. The van der Waals surface area contributed by atoms with Gasteiger partial charge in [-0.3, -0.25) is 4.79 Å². The van der Waals surface area contributed by atoms with Crippen molar-refractivity contribution >= 4 is 11.7 Å². The Morgan fingerprint density at radius 1 is 1.29 bits per heavy atom. The summed E-state index contributed by atoms with van der Waals surface area (Å²) in [6.45, 7) is 11.4. The van der Waals surface area contributed by atoms with Gasteiger partial charge in [0, 0.05) is 29.3 Å². The minimum atomic E-state index is -0.120. The minimum Gasteiger partial charge on any atom is -0.384 e. The lowest BCUT2D eigenvalue weighted by Crippen LogP contribution is -2.45. The summed E-state index contributed by atoms with van der Waals surface area (Å²) in [6.07, 6.45) is 2.26. The maximum atomic E-state index is 12.8. The lowest BCUT2D eigenvalue weighted by molar-refractivity contribution is 0.0574. The van der Waals surface area contributed by atoms with Crippen LogP contribution in [0.25, 0.3) is 0 Å².